The van der Waals surface area contributed by atoms with Crippen LogP contribution in [-0.4, -0.2) is 42.8 Å². The van der Waals surface area contributed by atoms with E-state index in [1.165, 1.54) is 0 Å². The molecule has 1 spiro atoms. The molecule has 0 atom stereocenters. The zero-order valence-electron chi connectivity index (χ0n) is 18.9. The van der Waals surface area contributed by atoms with Crippen molar-refractivity contribution in [2.24, 2.45) is 0 Å². The number of piperidine rings is 1. The van der Waals surface area contributed by atoms with E-state index >= 15 is 0 Å². The maximum Gasteiger partial charge on any atom is 0.235 e. The Morgan fingerprint density at radius 1 is 1.19 bits per heavy atom. The molecule has 0 radical (unpaired) electrons. The molecule has 1 amide bonds. The van der Waals surface area contributed by atoms with E-state index in [-0.39, 0.29) is 11.7 Å². The number of carbonyl (C=O) groups excluding carboxylic acids is 2. The van der Waals surface area contributed by atoms with Gasteiger partial charge in [-0.15, -0.1) is 0 Å². The fourth-order valence-corrected chi connectivity index (χ4v) is 4.60. The standard InChI is InChI=1S/C26H29N3O3/c1-18(30)25(2,3)20-5-7-21(8-6-20)32-15-14-29-12-10-26(11-13-29)22-16-19(17-27)4-9-23(22)28-24(26)31/h4-9,16H,10-15H2,1-3H3,(H,28,31). The fourth-order valence-electron chi connectivity index (χ4n) is 4.60. The van der Waals surface area contributed by atoms with E-state index in [0.29, 0.717) is 12.2 Å². The van der Waals surface area contributed by atoms with Crippen molar-refractivity contribution < 1.29 is 14.3 Å². The van der Waals surface area contributed by atoms with E-state index in [4.69, 9.17) is 4.74 Å². The second kappa shape index (κ2) is 8.40. The molecule has 0 saturated carbocycles. The van der Waals surface area contributed by atoms with Crippen LogP contribution in [0.25, 0.3) is 0 Å². The Kier molecular flexibility index (Phi) is 5.79. The van der Waals surface area contributed by atoms with E-state index in [2.05, 4.69) is 16.3 Å². The minimum atomic E-state index is -0.529. The summed E-state index contributed by atoms with van der Waals surface area (Å²) in [6.07, 6.45) is 1.46. The first-order chi connectivity index (χ1) is 15.3. The van der Waals surface area contributed by atoms with Crippen molar-refractivity contribution in [1.29, 1.82) is 5.26 Å². The third-order valence-electron chi connectivity index (χ3n) is 7.19. The minimum absolute atomic E-state index is 0.0482. The van der Waals surface area contributed by atoms with Crippen molar-refractivity contribution in [2.75, 3.05) is 31.6 Å². The highest BCUT2D eigenvalue weighted by atomic mass is 16.5. The summed E-state index contributed by atoms with van der Waals surface area (Å²) in [4.78, 5) is 26.9. The Balaban J connectivity index is 1.32. The molecule has 1 N–H and O–H groups in total. The van der Waals surface area contributed by atoms with Crippen LogP contribution in [0.1, 0.15) is 50.3 Å². The van der Waals surface area contributed by atoms with Crippen molar-refractivity contribution in [3.8, 4) is 11.8 Å². The number of carbonyl (C=O) groups is 2. The number of Topliss-reactive ketones (excluding diaryl/α,β-unsaturated/α-hetero) is 1. The first kappa shape index (κ1) is 22.0. The molecule has 0 bridgehead atoms. The predicted octanol–water partition coefficient (Wildman–Crippen LogP) is 3.79. The highest BCUT2D eigenvalue weighted by molar-refractivity contribution is 6.06. The lowest BCUT2D eigenvalue weighted by Crippen LogP contribution is -2.47. The van der Waals surface area contributed by atoms with Gasteiger partial charge in [0.2, 0.25) is 5.91 Å². The van der Waals surface area contributed by atoms with Crippen LogP contribution in [0.5, 0.6) is 5.75 Å². The van der Waals surface area contributed by atoms with Gasteiger partial charge < -0.3 is 10.1 Å². The molecule has 1 fully saturated rings. The normalized spacial score (nSPS) is 17.5. The summed E-state index contributed by atoms with van der Waals surface area (Å²) in [6.45, 7) is 8.42. The summed E-state index contributed by atoms with van der Waals surface area (Å²) in [5, 5.41) is 12.2. The van der Waals surface area contributed by atoms with E-state index in [1.807, 2.05) is 50.2 Å². The SMILES string of the molecule is CC(=O)C(C)(C)c1ccc(OCCN2CCC3(CC2)C(=O)Nc2ccc(C#N)cc23)cc1. The average Bonchev–Trinajstić information content (AvgIpc) is 3.05. The first-order valence-corrected chi connectivity index (χ1v) is 11.1. The van der Waals surface area contributed by atoms with Gasteiger partial charge in [-0.25, -0.2) is 0 Å². The summed E-state index contributed by atoms with van der Waals surface area (Å²) in [5.41, 5.74) is 2.34. The molecule has 0 aromatic heterocycles. The lowest BCUT2D eigenvalue weighted by molar-refractivity contribution is -0.122. The van der Waals surface area contributed by atoms with Crippen LogP contribution in [0, 0.1) is 11.3 Å². The molecule has 2 aromatic rings. The number of nitrogens with zero attached hydrogens (tertiary/aromatic N) is 2. The van der Waals surface area contributed by atoms with Gasteiger partial charge in [0, 0.05) is 17.6 Å². The zero-order valence-corrected chi connectivity index (χ0v) is 18.9. The van der Waals surface area contributed by atoms with E-state index in [0.717, 1.165) is 55.0 Å². The summed E-state index contributed by atoms with van der Waals surface area (Å²) >= 11 is 0. The van der Waals surface area contributed by atoms with Crippen molar-refractivity contribution >= 4 is 17.4 Å². The molecule has 32 heavy (non-hydrogen) atoms. The highest BCUT2D eigenvalue weighted by Gasteiger charge is 2.48. The smallest absolute Gasteiger partial charge is 0.235 e. The van der Waals surface area contributed by atoms with Crippen molar-refractivity contribution in [2.45, 2.75) is 44.4 Å². The summed E-state index contributed by atoms with van der Waals surface area (Å²) in [5.74, 6) is 0.971. The molecule has 2 aromatic carbocycles. The molecular weight excluding hydrogens is 402 g/mol. The molecule has 0 aliphatic carbocycles. The van der Waals surface area contributed by atoms with Crippen LogP contribution in [0.15, 0.2) is 42.5 Å². The Morgan fingerprint density at radius 2 is 1.88 bits per heavy atom. The quantitative estimate of drug-likeness (QED) is 0.753. The molecular formula is C26H29N3O3. The Morgan fingerprint density at radius 3 is 2.50 bits per heavy atom. The van der Waals surface area contributed by atoms with Gasteiger partial charge >= 0.3 is 0 Å². The van der Waals surface area contributed by atoms with Crippen LogP contribution in [-0.2, 0) is 20.4 Å². The van der Waals surface area contributed by atoms with E-state index in [9.17, 15) is 14.9 Å². The maximum atomic E-state index is 12.8. The van der Waals surface area contributed by atoms with Crippen molar-refractivity contribution in [3.05, 3.63) is 59.2 Å². The topological polar surface area (TPSA) is 82.4 Å². The number of hydrogen-bond donors (Lipinski definition) is 1. The Hall–Kier alpha value is -3.17. The number of fused-ring (bicyclic) bond motifs is 2. The molecule has 0 unspecified atom stereocenters. The lowest BCUT2D eigenvalue weighted by Gasteiger charge is -2.38. The summed E-state index contributed by atoms with van der Waals surface area (Å²) in [6, 6.07) is 15.4. The van der Waals surface area contributed by atoms with Crippen LogP contribution < -0.4 is 10.1 Å². The van der Waals surface area contributed by atoms with Crippen LogP contribution >= 0.6 is 0 Å². The molecule has 166 valence electrons. The number of ether oxygens (including phenoxy) is 1. The lowest BCUT2D eigenvalue weighted by atomic mass is 9.73. The third-order valence-corrected chi connectivity index (χ3v) is 7.19. The van der Waals surface area contributed by atoms with Crippen LogP contribution in [0.2, 0.25) is 0 Å². The number of amides is 1. The van der Waals surface area contributed by atoms with Gasteiger partial charge in [-0.2, -0.15) is 5.26 Å². The first-order valence-electron chi connectivity index (χ1n) is 11.1. The molecule has 1 saturated heterocycles. The molecule has 2 aliphatic rings. The van der Waals surface area contributed by atoms with Gasteiger partial charge in [-0.05, 0) is 88.2 Å². The number of rotatable bonds is 6. The monoisotopic (exact) mass is 431 g/mol. The highest BCUT2D eigenvalue weighted by Crippen LogP contribution is 2.45. The van der Waals surface area contributed by atoms with Gasteiger partial charge in [0.1, 0.15) is 18.1 Å². The third kappa shape index (κ3) is 3.89. The second-order valence-electron chi connectivity index (χ2n) is 9.30. The molecule has 2 heterocycles. The Labute approximate surface area is 189 Å². The molecule has 6 heteroatoms. The predicted molar refractivity (Wildman–Crippen MR) is 123 cm³/mol. The number of benzene rings is 2. The number of ketones is 1. The number of likely N-dealkylation sites (tertiary alicyclic amines) is 1. The minimum Gasteiger partial charge on any atom is -0.492 e. The van der Waals surface area contributed by atoms with Gasteiger partial charge in [-0.1, -0.05) is 12.1 Å². The van der Waals surface area contributed by atoms with E-state index < -0.39 is 10.8 Å². The zero-order chi connectivity index (χ0) is 22.9. The molecule has 6 nitrogen and oxygen atoms in total. The average molecular weight is 432 g/mol. The Bertz CT molecular complexity index is 1070. The largest absolute Gasteiger partial charge is 0.492 e. The van der Waals surface area contributed by atoms with Crippen LogP contribution in [0.4, 0.5) is 5.69 Å². The number of nitriles is 1. The number of anilines is 1. The van der Waals surface area contributed by atoms with Gasteiger partial charge in [0.15, 0.2) is 0 Å². The van der Waals surface area contributed by atoms with Crippen LogP contribution in [0.3, 0.4) is 0 Å². The van der Waals surface area contributed by atoms with Crippen molar-refractivity contribution in [3.63, 3.8) is 0 Å². The number of hydrogen-bond acceptors (Lipinski definition) is 5. The number of nitrogens with one attached hydrogen (secondary N) is 1. The van der Waals surface area contributed by atoms with Crippen molar-refractivity contribution in [1.82, 2.24) is 4.90 Å². The van der Waals surface area contributed by atoms with E-state index in [1.54, 1.807) is 13.0 Å². The summed E-state index contributed by atoms with van der Waals surface area (Å²) < 4.78 is 5.92. The van der Waals surface area contributed by atoms with Gasteiger partial charge in [0.25, 0.3) is 0 Å². The van der Waals surface area contributed by atoms with Gasteiger partial charge in [0.05, 0.1) is 17.0 Å². The fraction of sp³-hybridized carbons (Fsp3) is 0.423. The second-order valence-corrected chi connectivity index (χ2v) is 9.30. The summed E-state index contributed by atoms with van der Waals surface area (Å²) in [7, 11) is 0. The maximum absolute atomic E-state index is 12.8. The van der Waals surface area contributed by atoms with Gasteiger partial charge in [-0.3, -0.25) is 14.5 Å². The molecule has 2 aliphatic heterocycles. The molecule has 4 rings (SSSR count).